The third-order valence-electron chi connectivity index (χ3n) is 2.45. The van der Waals surface area contributed by atoms with Crippen molar-refractivity contribution in [2.24, 2.45) is 5.92 Å². The van der Waals surface area contributed by atoms with Crippen LogP contribution in [0.3, 0.4) is 0 Å². The highest BCUT2D eigenvalue weighted by Gasteiger charge is 2.82. The number of rotatable bonds is 0. The molecule has 0 aromatic carbocycles. The average molecular weight is 188 g/mol. The van der Waals surface area contributed by atoms with E-state index in [-0.39, 0.29) is 25.4 Å². The second kappa shape index (κ2) is 2.26. The van der Waals surface area contributed by atoms with E-state index in [1.807, 2.05) is 0 Å². The van der Waals surface area contributed by atoms with Crippen molar-refractivity contribution in [3.8, 4) is 0 Å². The van der Waals surface area contributed by atoms with Crippen LogP contribution in [0, 0.1) is 5.92 Å². The van der Waals surface area contributed by atoms with E-state index in [1.165, 1.54) is 0 Å². The predicted octanol–water partition coefficient (Wildman–Crippen LogP) is 1.37. The summed E-state index contributed by atoms with van der Waals surface area (Å²) in [6.45, 7) is 0.344. The lowest BCUT2D eigenvalue weighted by Gasteiger charge is -2.12. The minimum atomic E-state index is -3.05. The molecule has 2 aliphatic rings. The molecule has 2 fully saturated rings. The van der Waals surface area contributed by atoms with Crippen molar-refractivity contribution in [3.63, 3.8) is 0 Å². The Bertz CT molecular complexity index is 175. The van der Waals surface area contributed by atoms with E-state index >= 15 is 0 Å². The van der Waals surface area contributed by atoms with Gasteiger partial charge in [-0.15, -0.1) is 12.4 Å². The molecule has 0 aromatic rings. The summed E-state index contributed by atoms with van der Waals surface area (Å²) in [4.78, 5) is 0. The van der Waals surface area contributed by atoms with E-state index in [0.717, 1.165) is 0 Å². The number of nitrogens with one attached hydrogen (secondary N) is 1. The molecule has 1 nitrogen and oxygen atoms in total. The topological polar surface area (TPSA) is 12.0 Å². The number of piperidine rings is 1. The maximum absolute atomic E-state index is 12.9. The van der Waals surface area contributed by atoms with Crippen molar-refractivity contribution in [3.05, 3.63) is 0 Å². The molecule has 1 saturated carbocycles. The van der Waals surface area contributed by atoms with Crippen LogP contribution in [0.5, 0.6) is 0 Å². The van der Waals surface area contributed by atoms with Crippen molar-refractivity contribution in [1.82, 2.24) is 5.32 Å². The molecule has 0 spiro atoms. The van der Waals surface area contributed by atoms with Gasteiger partial charge in [0.2, 0.25) is 0 Å². The van der Waals surface area contributed by atoms with Gasteiger partial charge in [-0.25, -0.2) is 13.2 Å². The zero-order valence-electron chi connectivity index (χ0n) is 5.74. The third-order valence-corrected chi connectivity index (χ3v) is 2.45. The number of hydrogen-bond donors (Lipinski definition) is 1. The smallest absolute Gasteiger partial charge is 0.289 e. The molecule has 1 N–H and O–H groups in total. The first-order valence-electron chi connectivity index (χ1n) is 3.36. The summed E-state index contributed by atoms with van der Waals surface area (Å²) in [5.41, 5.74) is -2.20. The van der Waals surface area contributed by atoms with Crippen LogP contribution in [-0.2, 0) is 0 Å². The van der Waals surface area contributed by atoms with Gasteiger partial charge in [-0.3, -0.25) is 0 Å². The molecule has 0 radical (unpaired) electrons. The van der Waals surface area contributed by atoms with Gasteiger partial charge < -0.3 is 5.32 Å². The zero-order valence-corrected chi connectivity index (χ0v) is 6.56. The van der Waals surface area contributed by atoms with Gasteiger partial charge >= 0.3 is 0 Å². The SMILES string of the molecule is Cl.FC1(F)C2CCNCC21F. The van der Waals surface area contributed by atoms with Gasteiger partial charge in [-0.1, -0.05) is 0 Å². The predicted molar refractivity (Wildman–Crippen MR) is 37.0 cm³/mol. The molecule has 66 valence electrons. The lowest BCUT2D eigenvalue weighted by molar-refractivity contribution is 0.0429. The Morgan fingerprint density at radius 3 is 2.27 bits per heavy atom. The lowest BCUT2D eigenvalue weighted by atomic mass is 10.1. The van der Waals surface area contributed by atoms with Crippen LogP contribution in [0.25, 0.3) is 0 Å². The van der Waals surface area contributed by atoms with Crippen molar-refractivity contribution < 1.29 is 13.2 Å². The molecule has 11 heavy (non-hydrogen) atoms. The van der Waals surface area contributed by atoms with Gasteiger partial charge in [0.25, 0.3) is 5.92 Å². The monoisotopic (exact) mass is 187 g/mol. The maximum atomic E-state index is 12.9. The van der Waals surface area contributed by atoms with E-state index in [0.29, 0.717) is 6.54 Å². The summed E-state index contributed by atoms with van der Waals surface area (Å²) in [7, 11) is 0. The summed E-state index contributed by atoms with van der Waals surface area (Å²) in [5, 5.41) is 2.62. The summed E-state index contributed by atoms with van der Waals surface area (Å²) >= 11 is 0. The standard InChI is InChI=1S/C6H8F3N.ClH/c7-5-3-10-2-1-4(5)6(5,8)9;/h4,10H,1-3H2;1H. The number of halogens is 4. The molecule has 1 heterocycles. The van der Waals surface area contributed by atoms with Gasteiger partial charge in [0.15, 0.2) is 5.67 Å². The molecular weight excluding hydrogens is 179 g/mol. The van der Waals surface area contributed by atoms with Crippen LogP contribution in [0.15, 0.2) is 0 Å². The van der Waals surface area contributed by atoms with E-state index in [9.17, 15) is 13.2 Å². The van der Waals surface area contributed by atoms with Crippen molar-refractivity contribution >= 4 is 12.4 Å². The largest absolute Gasteiger partial charge is 0.313 e. The molecule has 2 unspecified atom stereocenters. The highest BCUT2D eigenvalue weighted by molar-refractivity contribution is 5.85. The molecular formula is C6H9ClF3N. The van der Waals surface area contributed by atoms with Gasteiger partial charge in [0, 0.05) is 6.54 Å². The highest BCUT2D eigenvalue weighted by Crippen LogP contribution is 2.63. The van der Waals surface area contributed by atoms with Gasteiger partial charge in [0.05, 0.1) is 5.92 Å². The van der Waals surface area contributed by atoms with Crippen LogP contribution in [0.1, 0.15) is 6.42 Å². The Kier molecular flexibility index (Phi) is 1.88. The van der Waals surface area contributed by atoms with Crippen LogP contribution in [0.4, 0.5) is 13.2 Å². The summed E-state index contributed by atoms with van der Waals surface area (Å²) in [6.07, 6.45) is 0.267. The van der Waals surface area contributed by atoms with E-state index < -0.39 is 17.5 Å². The first kappa shape index (κ1) is 9.13. The number of hydrogen-bond acceptors (Lipinski definition) is 1. The maximum Gasteiger partial charge on any atom is 0.289 e. The lowest BCUT2D eigenvalue weighted by Crippen LogP contribution is -2.34. The summed E-state index contributed by atoms with van der Waals surface area (Å²) in [5.74, 6) is -4.04. The highest BCUT2D eigenvalue weighted by atomic mass is 35.5. The number of fused-ring (bicyclic) bond motifs is 1. The fourth-order valence-electron chi connectivity index (χ4n) is 1.67. The van der Waals surface area contributed by atoms with Gasteiger partial charge in [-0.2, -0.15) is 0 Å². The fraction of sp³-hybridized carbons (Fsp3) is 1.00. The zero-order chi connectivity index (χ0) is 7.41. The van der Waals surface area contributed by atoms with Crippen LogP contribution >= 0.6 is 12.4 Å². The van der Waals surface area contributed by atoms with E-state index in [2.05, 4.69) is 5.32 Å². The second-order valence-corrected chi connectivity index (χ2v) is 3.00. The molecule has 1 saturated heterocycles. The molecule has 1 aliphatic heterocycles. The molecule has 0 aromatic heterocycles. The molecule has 0 bridgehead atoms. The fourth-order valence-corrected chi connectivity index (χ4v) is 1.67. The first-order chi connectivity index (χ1) is 4.59. The van der Waals surface area contributed by atoms with Crippen LogP contribution < -0.4 is 5.32 Å². The van der Waals surface area contributed by atoms with E-state index in [1.54, 1.807) is 0 Å². The quantitative estimate of drug-likeness (QED) is 0.604. The van der Waals surface area contributed by atoms with Crippen molar-refractivity contribution in [2.75, 3.05) is 13.1 Å². The number of alkyl halides is 3. The Morgan fingerprint density at radius 2 is 1.91 bits per heavy atom. The molecule has 1 aliphatic carbocycles. The average Bonchev–Trinajstić information content (AvgIpc) is 2.30. The minimum Gasteiger partial charge on any atom is -0.313 e. The van der Waals surface area contributed by atoms with Gasteiger partial charge in [-0.05, 0) is 13.0 Å². The third kappa shape index (κ3) is 0.888. The summed E-state index contributed by atoms with van der Waals surface area (Å²) in [6, 6.07) is 0. The molecule has 0 amide bonds. The van der Waals surface area contributed by atoms with E-state index in [4.69, 9.17) is 0 Å². The Balaban J connectivity index is 0.000000605. The van der Waals surface area contributed by atoms with Crippen molar-refractivity contribution in [1.29, 1.82) is 0 Å². The first-order valence-corrected chi connectivity index (χ1v) is 3.36. The second-order valence-electron chi connectivity index (χ2n) is 3.00. The molecule has 5 heteroatoms. The Morgan fingerprint density at radius 1 is 1.27 bits per heavy atom. The van der Waals surface area contributed by atoms with Crippen molar-refractivity contribution in [2.45, 2.75) is 18.0 Å². The minimum absolute atomic E-state index is 0. The normalized spacial score (nSPS) is 45.5. The molecule has 2 atom stereocenters. The van der Waals surface area contributed by atoms with Gasteiger partial charge in [0.1, 0.15) is 0 Å². The van der Waals surface area contributed by atoms with Crippen LogP contribution in [-0.4, -0.2) is 24.7 Å². The van der Waals surface area contributed by atoms with Crippen LogP contribution in [0.2, 0.25) is 0 Å². The Hall–Kier alpha value is 0.0400. The summed E-state index contributed by atoms with van der Waals surface area (Å²) < 4.78 is 37.9. The molecule has 2 rings (SSSR count). The Labute approximate surface area is 68.8 Å².